The summed E-state index contributed by atoms with van der Waals surface area (Å²) in [4.78, 5) is 15.6. The highest BCUT2D eigenvalue weighted by Gasteiger charge is 2.12. The van der Waals surface area contributed by atoms with Gasteiger partial charge in [0.25, 0.3) is 5.91 Å². The van der Waals surface area contributed by atoms with Crippen LogP contribution in [0.4, 0.5) is 0 Å². The summed E-state index contributed by atoms with van der Waals surface area (Å²) in [6.45, 7) is 0.856. The SMILES string of the molecule is NCCNC(=O)c1cccc(-c2ccc3[nH]cc(-c4ccc(Cl)cc4Cl)c3c2)c1. The first kappa shape index (κ1) is 19.5. The summed E-state index contributed by atoms with van der Waals surface area (Å²) in [5.74, 6) is -0.131. The number of fused-ring (bicyclic) bond motifs is 1. The number of rotatable bonds is 5. The van der Waals surface area contributed by atoms with Gasteiger partial charge in [0, 0.05) is 56.9 Å². The molecule has 0 atom stereocenters. The molecule has 0 unspecified atom stereocenters. The van der Waals surface area contributed by atoms with Gasteiger partial charge in [0.05, 0.1) is 0 Å². The summed E-state index contributed by atoms with van der Waals surface area (Å²) in [6, 6.07) is 19.2. The van der Waals surface area contributed by atoms with Crippen molar-refractivity contribution in [1.29, 1.82) is 0 Å². The number of aromatic nitrogens is 1. The van der Waals surface area contributed by atoms with E-state index in [0.717, 1.165) is 33.2 Å². The lowest BCUT2D eigenvalue weighted by Crippen LogP contribution is -2.28. The van der Waals surface area contributed by atoms with E-state index < -0.39 is 0 Å². The zero-order chi connectivity index (χ0) is 20.4. The number of amides is 1. The standard InChI is InChI=1S/C23H19Cl2N3O/c24-17-5-6-18(21(25)12-17)20-13-28-22-7-4-15(11-19(20)22)14-2-1-3-16(10-14)23(29)27-9-8-26/h1-7,10-13,28H,8-9,26H2,(H,27,29). The Balaban J connectivity index is 1.76. The van der Waals surface area contributed by atoms with Crippen molar-refractivity contribution in [1.82, 2.24) is 10.3 Å². The monoisotopic (exact) mass is 423 g/mol. The highest BCUT2D eigenvalue weighted by atomic mass is 35.5. The van der Waals surface area contributed by atoms with Crippen molar-refractivity contribution in [3.05, 3.63) is 82.5 Å². The van der Waals surface area contributed by atoms with Gasteiger partial charge in [-0.25, -0.2) is 0 Å². The first-order chi connectivity index (χ1) is 14.1. The Kier molecular flexibility index (Phi) is 5.58. The molecule has 1 aromatic heterocycles. The van der Waals surface area contributed by atoms with Gasteiger partial charge in [-0.15, -0.1) is 0 Å². The van der Waals surface area contributed by atoms with Crippen LogP contribution >= 0.6 is 23.2 Å². The minimum absolute atomic E-state index is 0.131. The van der Waals surface area contributed by atoms with E-state index in [2.05, 4.69) is 16.4 Å². The number of hydrogen-bond acceptors (Lipinski definition) is 2. The van der Waals surface area contributed by atoms with Gasteiger partial charge in [-0.2, -0.15) is 0 Å². The predicted octanol–water partition coefficient (Wildman–Crippen LogP) is 5.50. The summed E-state index contributed by atoms with van der Waals surface area (Å²) >= 11 is 12.5. The maximum absolute atomic E-state index is 12.3. The van der Waals surface area contributed by atoms with Gasteiger partial charge in [0.2, 0.25) is 0 Å². The lowest BCUT2D eigenvalue weighted by atomic mass is 9.98. The molecule has 1 amide bonds. The second-order valence-electron chi connectivity index (χ2n) is 6.71. The number of nitrogens with two attached hydrogens (primary N) is 1. The number of carbonyl (C=O) groups excluding carboxylic acids is 1. The first-order valence-electron chi connectivity index (χ1n) is 9.22. The number of hydrogen-bond donors (Lipinski definition) is 3. The molecule has 4 nitrogen and oxygen atoms in total. The Morgan fingerprint density at radius 1 is 0.966 bits per heavy atom. The zero-order valence-electron chi connectivity index (χ0n) is 15.5. The molecule has 6 heteroatoms. The highest BCUT2D eigenvalue weighted by Crippen LogP contribution is 2.36. The molecule has 4 aromatic rings. The summed E-state index contributed by atoms with van der Waals surface area (Å²) < 4.78 is 0. The molecule has 0 aliphatic rings. The van der Waals surface area contributed by atoms with Crippen molar-refractivity contribution in [2.24, 2.45) is 5.73 Å². The van der Waals surface area contributed by atoms with E-state index in [1.165, 1.54) is 0 Å². The molecule has 4 N–H and O–H groups in total. The molecule has 0 radical (unpaired) electrons. The van der Waals surface area contributed by atoms with Crippen LogP contribution in [0.1, 0.15) is 10.4 Å². The minimum Gasteiger partial charge on any atom is -0.361 e. The average Bonchev–Trinajstić information content (AvgIpc) is 3.15. The summed E-state index contributed by atoms with van der Waals surface area (Å²) in [6.07, 6.45) is 1.94. The van der Waals surface area contributed by atoms with Crippen LogP contribution in [0.3, 0.4) is 0 Å². The smallest absolute Gasteiger partial charge is 0.251 e. The van der Waals surface area contributed by atoms with Gasteiger partial charge in [0.15, 0.2) is 0 Å². The second-order valence-corrected chi connectivity index (χ2v) is 7.56. The molecule has 0 spiro atoms. The Morgan fingerprint density at radius 3 is 2.59 bits per heavy atom. The molecule has 0 bridgehead atoms. The number of nitrogens with one attached hydrogen (secondary N) is 2. The molecule has 0 aliphatic heterocycles. The van der Waals surface area contributed by atoms with E-state index in [4.69, 9.17) is 28.9 Å². The third kappa shape index (κ3) is 4.01. The highest BCUT2D eigenvalue weighted by molar-refractivity contribution is 6.36. The van der Waals surface area contributed by atoms with Crippen LogP contribution in [0.2, 0.25) is 10.0 Å². The third-order valence-corrected chi connectivity index (χ3v) is 5.34. The molecular weight excluding hydrogens is 405 g/mol. The van der Waals surface area contributed by atoms with Gasteiger partial charge < -0.3 is 16.0 Å². The van der Waals surface area contributed by atoms with Crippen LogP contribution in [0, 0.1) is 0 Å². The maximum atomic E-state index is 12.3. The third-order valence-electron chi connectivity index (χ3n) is 4.79. The molecule has 0 fully saturated rings. The summed E-state index contributed by atoms with van der Waals surface area (Å²) in [5.41, 5.74) is 11.0. The van der Waals surface area contributed by atoms with Gasteiger partial charge in [-0.3, -0.25) is 4.79 Å². The Bertz CT molecular complexity index is 1200. The quantitative estimate of drug-likeness (QED) is 0.396. The van der Waals surface area contributed by atoms with Crippen molar-refractivity contribution in [2.45, 2.75) is 0 Å². The molecule has 29 heavy (non-hydrogen) atoms. The van der Waals surface area contributed by atoms with Gasteiger partial charge in [0.1, 0.15) is 0 Å². The van der Waals surface area contributed by atoms with E-state index in [1.54, 1.807) is 12.1 Å². The molecule has 3 aromatic carbocycles. The van der Waals surface area contributed by atoms with E-state index in [0.29, 0.717) is 28.7 Å². The summed E-state index contributed by atoms with van der Waals surface area (Å²) in [5, 5.41) is 5.05. The van der Waals surface area contributed by atoms with Crippen molar-refractivity contribution >= 4 is 40.0 Å². The maximum Gasteiger partial charge on any atom is 0.251 e. The lowest BCUT2D eigenvalue weighted by Gasteiger charge is -2.08. The number of halogens is 2. The fourth-order valence-corrected chi connectivity index (χ4v) is 3.87. The fourth-order valence-electron chi connectivity index (χ4n) is 3.36. The van der Waals surface area contributed by atoms with Crippen molar-refractivity contribution in [3.8, 4) is 22.3 Å². The topological polar surface area (TPSA) is 70.9 Å². The van der Waals surface area contributed by atoms with Crippen LogP contribution in [-0.4, -0.2) is 24.0 Å². The lowest BCUT2D eigenvalue weighted by molar-refractivity contribution is 0.0955. The fraction of sp³-hybridized carbons (Fsp3) is 0.0870. The number of benzene rings is 3. The molecular formula is C23H19Cl2N3O. The average molecular weight is 424 g/mol. The number of aromatic amines is 1. The van der Waals surface area contributed by atoms with Crippen LogP contribution in [0.25, 0.3) is 33.2 Å². The van der Waals surface area contributed by atoms with E-state index >= 15 is 0 Å². The van der Waals surface area contributed by atoms with Gasteiger partial charge in [-0.05, 0) is 47.5 Å². The molecule has 4 rings (SSSR count). The van der Waals surface area contributed by atoms with E-state index in [1.807, 2.05) is 48.7 Å². The van der Waals surface area contributed by atoms with Crippen LogP contribution in [0.5, 0.6) is 0 Å². The van der Waals surface area contributed by atoms with Crippen LogP contribution in [0.15, 0.2) is 66.9 Å². The van der Waals surface area contributed by atoms with Crippen LogP contribution in [-0.2, 0) is 0 Å². The predicted molar refractivity (Wildman–Crippen MR) is 121 cm³/mol. The molecule has 0 aliphatic carbocycles. The molecule has 0 saturated heterocycles. The first-order valence-corrected chi connectivity index (χ1v) is 9.97. The Labute approximate surface area is 178 Å². The van der Waals surface area contributed by atoms with Gasteiger partial charge in [-0.1, -0.05) is 47.5 Å². The van der Waals surface area contributed by atoms with E-state index in [-0.39, 0.29) is 5.91 Å². The van der Waals surface area contributed by atoms with Crippen molar-refractivity contribution in [3.63, 3.8) is 0 Å². The number of carbonyl (C=O) groups is 1. The normalized spacial score (nSPS) is 11.0. The largest absolute Gasteiger partial charge is 0.361 e. The molecule has 146 valence electrons. The second kappa shape index (κ2) is 8.29. The Morgan fingerprint density at radius 2 is 1.79 bits per heavy atom. The molecule has 1 heterocycles. The number of H-pyrrole nitrogens is 1. The zero-order valence-corrected chi connectivity index (χ0v) is 17.0. The van der Waals surface area contributed by atoms with E-state index in [9.17, 15) is 4.79 Å². The van der Waals surface area contributed by atoms with Crippen LogP contribution < -0.4 is 11.1 Å². The summed E-state index contributed by atoms with van der Waals surface area (Å²) in [7, 11) is 0. The van der Waals surface area contributed by atoms with Crippen molar-refractivity contribution in [2.75, 3.05) is 13.1 Å². The minimum atomic E-state index is -0.131. The van der Waals surface area contributed by atoms with Gasteiger partial charge >= 0.3 is 0 Å². The van der Waals surface area contributed by atoms with Crippen molar-refractivity contribution < 1.29 is 4.79 Å². The Hall–Kier alpha value is -2.79. The molecule has 0 saturated carbocycles.